The number of nitrogens with zero attached hydrogens (tertiary/aromatic N) is 2. The summed E-state index contributed by atoms with van der Waals surface area (Å²) in [5.74, 6) is -0.771. The van der Waals surface area contributed by atoms with E-state index in [0.29, 0.717) is 6.42 Å². The summed E-state index contributed by atoms with van der Waals surface area (Å²) in [7, 11) is 0. The minimum atomic E-state index is -1.06. The van der Waals surface area contributed by atoms with Gasteiger partial charge in [-0.05, 0) is 33.3 Å². The van der Waals surface area contributed by atoms with E-state index >= 15 is 0 Å². The highest BCUT2D eigenvalue weighted by Crippen LogP contribution is 2.63. The number of hydrazine groups is 1. The highest BCUT2D eigenvalue weighted by atomic mass is 35.5. The molecule has 1 saturated carbocycles. The van der Waals surface area contributed by atoms with Crippen LogP contribution in [0.4, 0.5) is 0 Å². The summed E-state index contributed by atoms with van der Waals surface area (Å²) >= 11 is 11.8. The van der Waals surface area contributed by atoms with Gasteiger partial charge in [-0.3, -0.25) is 25.1 Å². The lowest BCUT2D eigenvalue weighted by molar-refractivity contribution is -0.132. The molecule has 0 radical (unpaired) electrons. The van der Waals surface area contributed by atoms with Crippen LogP contribution in [0, 0.1) is 19.3 Å². The summed E-state index contributed by atoms with van der Waals surface area (Å²) in [5, 5.41) is 4.16. The molecule has 0 aliphatic heterocycles. The van der Waals surface area contributed by atoms with Crippen LogP contribution in [0.5, 0.6) is 0 Å². The van der Waals surface area contributed by atoms with Gasteiger partial charge >= 0.3 is 0 Å². The number of aryl methyl sites for hydroxylation is 2. The lowest BCUT2D eigenvalue weighted by Crippen LogP contribution is -2.47. The topological polar surface area (TPSA) is 76.0 Å². The first-order chi connectivity index (χ1) is 9.15. The predicted molar refractivity (Wildman–Crippen MR) is 75.1 cm³/mol. The van der Waals surface area contributed by atoms with E-state index in [0.717, 1.165) is 11.4 Å². The average molecular weight is 319 g/mol. The zero-order valence-electron chi connectivity index (χ0n) is 11.5. The monoisotopic (exact) mass is 318 g/mol. The Labute approximate surface area is 126 Å². The summed E-state index contributed by atoms with van der Waals surface area (Å²) in [4.78, 5) is 23.6. The van der Waals surface area contributed by atoms with Gasteiger partial charge in [0.25, 0.3) is 5.91 Å². The molecule has 20 heavy (non-hydrogen) atoms. The van der Waals surface area contributed by atoms with Gasteiger partial charge in [-0.1, -0.05) is 0 Å². The van der Waals surface area contributed by atoms with Crippen molar-refractivity contribution in [1.82, 2.24) is 20.6 Å². The van der Waals surface area contributed by atoms with Gasteiger partial charge in [-0.15, -0.1) is 23.2 Å². The molecule has 2 amide bonds. The molecule has 1 aliphatic rings. The Morgan fingerprint density at radius 3 is 2.45 bits per heavy atom. The van der Waals surface area contributed by atoms with Gasteiger partial charge in [0.15, 0.2) is 0 Å². The number of carbonyl (C=O) groups excluding carboxylic acids is 2. The summed E-state index contributed by atoms with van der Waals surface area (Å²) in [6, 6.07) is 1.87. The van der Waals surface area contributed by atoms with Crippen molar-refractivity contribution in [2.45, 2.75) is 38.1 Å². The van der Waals surface area contributed by atoms with Gasteiger partial charge in [-0.2, -0.15) is 5.10 Å². The van der Waals surface area contributed by atoms with E-state index in [1.54, 1.807) is 11.6 Å². The van der Waals surface area contributed by atoms with E-state index in [2.05, 4.69) is 16.0 Å². The number of alkyl halides is 2. The van der Waals surface area contributed by atoms with Crippen LogP contribution in [0.1, 0.15) is 24.7 Å². The third-order valence-electron chi connectivity index (χ3n) is 3.47. The first-order valence-electron chi connectivity index (χ1n) is 6.14. The number of halogens is 2. The molecule has 1 fully saturated rings. The van der Waals surface area contributed by atoms with E-state index < -0.39 is 15.7 Å². The number of hydrogen-bond acceptors (Lipinski definition) is 3. The second-order valence-corrected chi connectivity index (χ2v) is 6.78. The third kappa shape index (κ3) is 2.76. The van der Waals surface area contributed by atoms with Gasteiger partial charge in [-0.25, -0.2) is 0 Å². The maximum atomic E-state index is 11.9. The first-order valence-corrected chi connectivity index (χ1v) is 6.89. The fraction of sp³-hybridized carbons (Fsp3) is 0.583. The molecule has 2 N–H and O–H groups in total. The maximum Gasteiger partial charge on any atom is 0.260 e. The summed E-state index contributed by atoms with van der Waals surface area (Å²) < 4.78 is 0.501. The Morgan fingerprint density at radius 1 is 1.40 bits per heavy atom. The molecule has 1 aromatic heterocycles. The number of carbonyl (C=O) groups is 2. The molecule has 6 nitrogen and oxygen atoms in total. The minimum Gasteiger partial charge on any atom is -0.273 e. The van der Waals surface area contributed by atoms with E-state index in [4.69, 9.17) is 23.2 Å². The highest BCUT2D eigenvalue weighted by molar-refractivity contribution is 6.53. The Hall–Kier alpha value is -1.27. The molecule has 0 spiro atoms. The van der Waals surface area contributed by atoms with Crippen LogP contribution in [0.2, 0.25) is 0 Å². The standard InChI is InChI=1S/C12H16Cl2N4O2/c1-7-4-8(2)18(17-7)5-9(19)15-16-10(20)11(3)6-12(11,13)14/h4H,5-6H2,1-3H3,(H,15,19)(H,16,20)/t11-/m1/s1. The number of hydrogen-bond donors (Lipinski definition) is 2. The van der Waals surface area contributed by atoms with Crippen LogP contribution < -0.4 is 10.9 Å². The molecule has 1 aromatic rings. The average Bonchev–Trinajstić information content (AvgIpc) is 2.68. The van der Waals surface area contributed by atoms with Crippen LogP contribution >= 0.6 is 23.2 Å². The molecular formula is C12H16Cl2N4O2. The largest absolute Gasteiger partial charge is 0.273 e. The Morgan fingerprint density at radius 2 is 2.00 bits per heavy atom. The van der Waals surface area contributed by atoms with E-state index in [1.165, 1.54) is 0 Å². The van der Waals surface area contributed by atoms with E-state index in [9.17, 15) is 9.59 Å². The van der Waals surface area contributed by atoms with E-state index in [1.807, 2.05) is 19.9 Å². The molecule has 0 unspecified atom stereocenters. The van der Waals surface area contributed by atoms with Gasteiger partial charge in [0.2, 0.25) is 5.91 Å². The van der Waals surface area contributed by atoms with Crippen LogP contribution in [-0.2, 0) is 16.1 Å². The van der Waals surface area contributed by atoms with Crippen molar-refractivity contribution in [3.63, 3.8) is 0 Å². The zero-order valence-corrected chi connectivity index (χ0v) is 13.0. The first kappa shape index (κ1) is 15.1. The van der Waals surface area contributed by atoms with Gasteiger partial charge < -0.3 is 0 Å². The lowest BCUT2D eigenvalue weighted by atomic mass is 10.1. The second-order valence-electron chi connectivity index (χ2n) is 5.30. The number of nitrogens with one attached hydrogen (secondary N) is 2. The normalized spacial score (nSPS) is 23.2. The molecular weight excluding hydrogens is 303 g/mol. The lowest BCUT2D eigenvalue weighted by Gasteiger charge is -2.13. The van der Waals surface area contributed by atoms with Crippen molar-refractivity contribution in [2.75, 3.05) is 0 Å². The highest BCUT2D eigenvalue weighted by Gasteiger charge is 2.68. The molecule has 2 rings (SSSR count). The second kappa shape index (κ2) is 4.93. The van der Waals surface area contributed by atoms with Crippen molar-refractivity contribution in [3.05, 3.63) is 17.5 Å². The quantitative estimate of drug-likeness (QED) is 0.650. The number of aromatic nitrogens is 2. The fourth-order valence-corrected chi connectivity index (χ4v) is 2.63. The molecule has 0 aromatic carbocycles. The van der Waals surface area contributed by atoms with Gasteiger partial charge in [0.05, 0.1) is 11.1 Å². The molecule has 0 saturated heterocycles. The molecule has 1 heterocycles. The smallest absolute Gasteiger partial charge is 0.260 e. The summed E-state index contributed by atoms with van der Waals surface area (Å²) in [6.07, 6.45) is 0.363. The Balaban J connectivity index is 1.85. The summed E-state index contributed by atoms with van der Waals surface area (Å²) in [6.45, 7) is 5.38. The molecule has 110 valence electrons. The van der Waals surface area contributed by atoms with Gasteiger partial charge in [0, 0.05) is 5.69 Å². The van der Waals surface area contributed by atoms with Crippen LogP contribution in [0.15, 0.2) is 6.07 Å². The number of rotatable bonds is 3. The van der Waals surface area contributed by atoms with Crippen molar-refractivity contribution in [3.8, 4) is 0 Å². The zero-order chi connectivity index (χ0) is 15.1. The van der Waals surface area contributed by atoms with Crippen molar-refractivity contribution < 1.29 is 9.59 Å². The predicted octanol–water partition coefficient (Wildman–Crippen LogP) is 1.23. The summed E-state index contributed by atoms with van der Waals surface area (Å²) in [5.41, 5.74) is 5.52. The Kier molecular flexibility index (Phi) is 3.73. The van der Waals surface area contributed by atoms with Crippen molar-refractivity contribution >= 4 is 35.0 Å². The minimum absolute atomic E-state index is 0.0313. The van der Waals surface area contributed by atoms with Crippen molar-refractivity contribution in [1.29, 1.82) is 0 Å². The van der Waals surface area contributed by atoms with Gasteiger partial charge in [0.1, 0.15) is 10.9 Å². The number of amides is 2. The molecule has 0 bridgehead atoms. The molecule has 1 atom stereocenters. The van der Waals surface area contributed by atoms with Crippen molar-refractivity contribution in [2.24, 2.45) is 5.41 Å². The SMILES string of the molecule is Cc1cc(C)n(CC(=O)NNC(=O)[C@@]2(C)CC2(Cl)Cl)n1. The van der Waals surface area contributed by atoms with Crippen LogP contribution in [0.3, 0.4) is 0 Å². The third-order valence-corrected chi connectivity index (χ3v) is 4.57. The van der Waals surface area contributed by atoms with Crippen LogP contribution in [-0.4, -0.2) is 25.9 Å². The molecule has 1 aliphatic carbocycles. The Bertz CT molecular complexity index is 570. The molecule has 8 heteroatoms. The maximum absolute atomic E-state index is 11.9. The fourth-order valence-electron chi connectivity index (χ4n) is 1.92. The van der Waals surface area contributed by atoms with E-state index in [-0.39, 0.29) is 12.5 Å². The van der Waals surface area contributed by atoms with Crippen LogP contribution in [0.25, 0.3) is 0 Å².